The zero-order valence-corrected chi connectivity index (χ0v) is 16.2. The summed E-state index contributed by atoms with van der Waals surface area (Å²) in [5.74, 6) is -0.0357. The molecule has 0 saturated carbocycles. The molecule has 0 radical (unpaired) electrons. The summed E-state index contributed by atoms with van der Waals surface area (Å²) in [5.41, 5.74) is 4.62. The molecule has 4 heteroatoms. The van der Waals surface area contributed by atoms with Gasteiger partial charge in [0.15, 0.2) is 0 Å². The van der Waals surface area contributed by atoms with E-state index in [4.69, 9.17) is 0 Å². The first-order valence-corrected chi connectivity index (χ1v) is 9.29. The number of nitrogens with zero attached hydrogens (tertiary/aromatic N) is 1. The molecule has 0 fully saturated rings. The molecule has 142 valence electrons. The van der Waals surface area contributed by atoms with Crippen molar-refractivity contribution < 1.29 is 9.59 Å². The van der Waals surface area contributed by atoms with Crippen LogP contribution in [0.1, 0.15) is 22.3 Å². The van der Waals surface area contributed by atoms with Crippen LogP contribution in [0.15, 0.2) is 78.9 Å². The number of rotatable bonds is 6. The Morgan fingerprint density at radius 3 is 2.00 bits per heavy atom. The van der Waals surface area contributed by atoms with Crippen molar-refractivity contribution in [3.05, 3.63) is 90.0 Å². The molecule has 4 nitrogen and oxygen atoms in total. The van der Waals surface area contributed by atoms with Gasteiger partial charge < -0.3 is 10.2 Å². The lowest BCUT2D eigenvalue weighted by molar-refractivity contribution is -0.128. The highest BCUT2D eigenvalue weighted by atomic mass is 16.2. The molecule has 0 spiro atoms. The van der Waals surface area contributed by atoms with Gasteiger partial charge in [-0.1, -0.05) is 54.6 Å². The van der Waals surface area contributed by atoms with Crippen molar-refractivity contribution in [3.63, 3.8) is 0 Å². The van der Waals surface area contributed by atoms with Gasteiger partial charge in [-0.05, 0) is 47.4 Å². The standard InChI is InChI=1S/C24H24N2O2/c1-26(2)23(27)17-10-18-8-15-22(16-9-18)25-24(28)21-13-11-20(12-14-21)19-6-4-3-5-7-19/h3-9,11-16H,10,17H2,1-2H3,(H,25,28). The van der Waals surface area contributed by atoms with E-state index in [0.717, 1.165) is 22.4 Å². The van der Waals surface area contributed by atoms with Crippen molar-refractivity contribution in [2.75, 3.05) is 19.4 Å². The molecule has 3 rings (SSSR count). The van der Waals surface area contributed by atoms with Gasteiger partial charge in [0.2, 0.25) is 5.91 Å². The lowest BCUT2D eigenvalue weighted by Crippen LogP contribution is -2.21. The highest BCUT2D eigenvalue weighted by Gasteiger charge is 2.08. The molecule has 0 aliphatic carbocycles. The predicted octanol–water partition coefficient (Wildman–Crippen LogP) is 4.63. The predicted molar refractivity (Wildman–Crippen MR) is 113 cm³/mol. The zero-order chi connectivity index (χ0) is 19.9. The Balaban J connectivity index is 1.59. The van der Waals surface area contributed by atoms with Crippen molar-refractivity contribution in [1.82, 2.24) is 4.90 Å². The van der Waals surface area contributed by atoms with E-state index < -0.39 is 0 Å². The van der Waals surface area contributed by atoms with Crippen LogP contribution in [0.4, 0.5) is 5.69 Å². The van der Waals surface area contributed by atoms with Gasteiger partial charge >= 0.3 is 0 Å². The molecule has 0 bridgehead atoms. The Kier molecular flexibility index (Phi) is 6.22. The second-order valence-electron chi connectivity index (χ2n) is 6.88. The Labute approximate surface area is 165 Å². The molecular weight excluding hydrogens is 348 g/mol. The third kappa shape index (κ3) is 5.07. The SMILES string of the molecule is CN(C)C(=O)CCc1ccc(NC(=O)c2ccc(-c3ccccc3)cc2)cc1. The molecule has 3 aromatic carbocycles. The molecule has 1 N–H and O–H groups in total. The number of hydrogen-bond donors (Lipinski definition) is 1. The van der Waals surface area contributed by atoms with E-state index in [1.807, 2.05) is 78.9 Å². The summed E-state index contributed by atoms with van der Waals surface area (Å²) in [6, 6.07) is 25.3. The van der Waals surface area contributed by atoms with Crippen molar-refractivity contribution in [3.8, 4) is 11.1 Å². The smallest absolute Gasteiger partial charge is 0.255 e. The molecule has 0 saturated heterocycles. The van der Waals surface area contributed by atoms with E-state index in [1.54, 1.807) is 19.0 Å². The van der Waals surface area contributed by atoms with Gasteiger partial charge in [-0.25, -0.2) is 0 Å². The fraction of sp³-hybridized carbons (Fsp3) is 0.167. The second-order valence-corrected chi connectivity index (χ2v) is 6.88. The maximum absolute atomic E-state index is 12.5. The minimum Gasteiger partial charge on any atom is -0.349 e. The molecule has 0 aliphatic heterocycles. The zero-order valence-electron chi connectivity index (χ0n) is 16.2. The van der Waals surface area contributed by atoms with Crippen LogP contribution in [0.5, 0.6) is 0 Å². The highest BCUT2D eigenvalue weighted by molar-refractivity contribution is 6.04. The first kappa shape index (κ1) is 19.4. The van der Waals surface area contributed by atoms with E-state index in [-0.39, 0.29) is 11.8 Å². The van der Waals surface area contributed by atoms with Gasteiger partial charge in [0.05, 0.1) is 0 Å². The fourth-order valence-electron chi connectivity index (χ4n) is 2.88. The van der Waals surface area contributed by atoms with Crippen molar-refractivity contribution >= 4 is 17.5 Å². The van der Waals surface area contributed by atoms with Crippen LogP contribution in [0.25, 0.3) is 11.1 Å². The van der Waals surface area contributed by atoms with Crippen LogP contribution in [-0.2, 0) is 11.2 Å². The highest BCUT2D eigenvalue weighted by Crippen LogP contribution is 2.20. The number of amides is 2. The van der Waals surface area contributed by atoms with Crippen LogP contribution in [-0.4, -0.2) is 30.8 Å². The number of aryl methyl sites for hydroxylation is 1. The lowest BCUT2D eigenvalue weighted by Gasteiger charge is -2.10. The Hall–Kier alpha value is -3.40. The van der Waals surface area contributed by atoms with Gasteiger partial charge in [0, 0.05) is 31.8 Å². The monoisotopic (exact) mass is 372 g/mol. The van der Waals surface area contributed by atoms with E-state index in [1.165, 1.54) is 0 Å². The number of anilines is 1. The second kappa shape index (κ2) is 9.00. The largest absolute Gasteiger partial charge is 0.349 e. The van der Waals surface area contributed by atoms with E-state index in [0.29, 0.717) is 18.4 Å². The molecule has 0 atom stereocenters. The van der Waals surface area contributed by atoms with Crippen LogP contribution in [0.2, 0.25) is 0 Å². The first-order chi connectivity index (χ1) is 13.5. The quantitative estimate of drug-likeness (QED) is 0.686. The minimum absolute atomic E-state index is 0.108. The van der Waals surface area contributed by atoms with E-state index >= 15 is 0 Å². The average Bonchev–Trinajstić information content (AvgIpc) is 2.73. The van der Waals surface area contributed by atoms with Crippen LogP contribution >= 0.6 is 0 Å². The van der Waals surface area contributed by atoms with Gasteiger partial charge in [-0.2, -0.15) is 0 Å². The maximum atomic E-state index is 12.5. The summed E-state index contributed by atoms with van der Waals surface area (Å²) in [5, 5.41) is 2.91. The molecule has 0 unspecified atom stereocenters. The van der Waals surface area contributed by atoms with Gasteiger partial charge in [-0.3, -0.25) is 9.59 Å². The molecular formula is C24H24N2O2. The molecule has 28 heavy (non-hydrogen) atoms. The van der Waals surface area contributed by atoms with Crippen LogP contribution < -0.4 is 5.32 Å². The minimum atomic E-state index is -0.143. The Morgan fingerprint density at radius 1 is 0.786 bits per heavy atom. The van der Waals surface area contributed by atoms with Crippen molar-refractivity contribution in [2.45, 2.75) is 12.8 Å². The topological polar surface area (TPSA) is 49.4 Å². The maximum Gasteiger partial charge on any atom is 0.255 e. The summed E-state index contributed by atoms with van der Waals surface area (Å²) in [4.78, 5) is 25.7. The Bertz CT molecular complexity index is 931. The number of carbonyl (C=O) groups excluding carboxylic acids is 2. The molecule has 3 aromatic rings. The Morgan fingerprint density at radius 2 is 1.39 bits per heavy atom. The lowest BCUT2D eigenvalue weighted by atomic mass is 10.0. The van der Waals surface area contributed by atoms with Gasteiger partial charge in [0.25, 0.3) is 5.91 Å². The number of benzene rings is 3. The first-order valence-electron chi connectivity index (χ1n) is 9.29. The normalized spacial score (nSPS) is 10.4. The summed E-state index contributed by atoms with van der Waals surface area (Å²) < 4.78 is 0. The number of carbonyl (C=O) groups is 2. The molecule has 0 heterocycles. The van der Waals surface area contributed by atoms with E-state index in [2.05, 4.69) is 5.32 Å². The molecule has 2 amide bonds. The van der Waals surface area contributed by atoms with Crippen molar-refractivity contribution in [1.29, 1.82) is 0 Å². The molecule has 0 aliphatic rings. The number of nitrogens with one attached hydrogen (secondary N) is 1. The molecule has 0 aromatic heterocycles. The van der Waals surface area contributed by atoms with Crippen molar-refractivity contribution in [2.24, 2.45) is 0 Å². The third-order valence-electron chi connectivity index (χ3n) is 4.59. The number of hydrogen-bond acceptors (Lipinski definition) is 2. The van der Waals surface area contributed by atoms with Crippen LogP contribution in [0, 0.1) is 0 Å². The summed E-state index contributed by atoms with van der Waals surface area (Å²) >= 11 is 0. The summed E-state index contributed by atoms with van der Waals surface area (Å²) in [7, 11) is 3.51. The van der Waals surface area contributed by atoms with Crippen LogP contribution in [0.3, 0.4) is 0 Å². The third-order valence-corrected chi connectivity index (χ3v) is 4.59. The fourth-order valence-corrected chi connectivity index (χ4v) is 2.88. The summed E-state index contributed by atoms with van der Waals surface area (Å²) in [6.07, 6.45) is 1.17. The average molecular weight is 372 g/mol. The summed E-state index contributed by atoms with van der Waals surface area (Å²) in [6.45, 7) is 0. The van der Waals surface area contributed by atoms with Gasteiger partial charge in [-0.15, -0.1) is 0 Å². The van der Waals surface area contributed by atoms with Gasteiger partial charge in [0.1, 0.15) is 0 Å². The van der Waals surface area contributed by atoms with E-state index in [9.17, 15) is 9.59 Å².